The van der Waals surface area contributed by atoms with Crippen LogP contribution in [-0.4, -0.2) is 23.9 Å². The Labute approximate surface area is 180 Å². The highest BCUT2D eigenvalue weighted by atomic mass is 35.5. The zero-order valence-electron chi connectivity index (χ0n) is 15.9. The van der Waals surface area contributed by atoms with E-state index in [0.29, 0.717) is 22.7 Å². The van der Waals surface area contributed by atoms with Crippen molar-refractivity contribution in [2.75, 3.05) is 0 Å². The molecule has 9 heteroatoms. The van der Waals surface area contributed by atoms with Gasteiger partial charge in [-0.05, 0) is 35.4 Å². The van der Waals surface area contributed by atoms with Crippen molar-refractivity contribution in [3.8, 4) is 5.75 Å². The topological polar surface area (TPSA) is 51.2 Å². The Morgan fingerprint density at radius 2 is 1.81 bits per heavy atom. The van der Waals surface area contributed by atoms with Crippen molar-refractivity contribution in [3.63, 3.8) is 0 Å². The van der Waals surface area contributed by atoms with Gasteiger partial charge in [-0.15, -0.1) is 0 Å². The summed E-state index contributed by atoms with van der Waals surface area (Å²) in [5, 5.41) is 3.09. The van der Waals surface area contributed by atoms with Gasteiger partial charge in [0, 0.05) is 12.6 Å². The van der Waals surface area contributed by atoms with Gasteiger partial charge in [0.25, 0.3) is 0 Å². The molecule has 4 nitrogen and oxygen atoms in total. The number of aromatic nitrogens is 1. The number of hydrogen-bond donors (Lipinski definition) is 1. The lowest BCUT2D eigenvalue weighted by Gasteiger charge is -2.34. The average molecular weight is 453 g/mol. The molecule has 0 fully saturated rings. The Kier molecular flexibility index (Phi) is 6.80. The van der Waals surface area contributed by atoms with Crippen LogP contribution in [-0.2, 0) is 16.8 Å². The molecular weight excluding hydrogens is 436 g/mol. The Hall–Kier alpha value is -3.13. The van der Waals surface area contributed by atoms with Gasteiger partial charge in [0.1, 0.15) is 11.3 Å². The largest absolute Gasteiger partial charge is 0.461 e. The lowest BCUT2D eigenvalue weighted by Crippen LogP contribution is -2.45. The lowest BCUT2D eigenvalue weighted by atomic mass is 9.80. The summed E-state index contributed by atoms with van der Waals surface area (Å²) in [5.41, 5.74) is 0.164. The number of halogens is 5. The van der Waals surface area contributed by atoms with Crippen LogP contribution in [0, 0.1) is 0 Å². The third-order valence-electron chi connectivity index (χ3n) is 4.62. The molecule has 162 valence electrons. The minimum atomic E-state index is -4.67. The zero-order valence-corrected chi connectivity index (χ0v) is 16.7. The van der Waals surface area contributed by atoms with E-state index in [0.717, 1.165) is 11.6 Å². The number of nitrogens with zero attached hydrogens (tertiary/aromatic N) is 1. The number of alkyl halides is 4. The summed E-state index contributed by atoms with van der Waals surface area (Å²) in [4.78, 5) is 15.9. The predicted octanol–water partition coefficient (Wildman–Crippen LogP) is 5.20. The van der Waals surface area contributed by atoms with Crippen molar-refractivity contribution in [3.05, 3.63) is 94.8 Å². The van der Waals surface area contributed by atoms with Gasteiger partial charge in [-0.3, -0.25) is 9.78 Å². The van der Waals surface area contributed by atoms with E-state index < -0.39 is 23.8 Å². The van der Waals surface area contributed by atoms with Crippen molar-refractivity contribution in [2.45, 2.75) is 24.5 Å². The first-order valence-corrected chi connectivity index (χ1v) is 9.47. The number of pyridine rings is 1. The zero-order chi connectivity index (χ0) is 22.5. The molecule has 0 aliphatic rings. The summed E-state index contributed by atoms with van der Waals surface area (Å²) in [6.07, 6.45) is -6.64. The van der Waals surface area contributed by atoms with Crippen LogP contribution in [0.4, 0.5) is 17.6 Å². The minimum absolute atomic E-state index is 0.190. The molecular formula is C22H17ClF4N2O2. The molecule has 0 aliphatic heterocycles. The van der Waals surface area contributed by atoms with Gasteiger partial charge < -0.3 is 10.1 Å². The molecule has 1 atom stereocenters. The number of rotatable bonds is 9. The number of carbonyl (C=O) groups excluding carboxylic acids is 1. The van der Waals surface area contributed by atoms with Crippen LogP contribution >= 0.6 is 11.6 Å². The Morgan fingerprint density at radius 3 is 2.42 bits per heavy atom. The molecule has 0 radical (unpaired) electrons. The van der Waals surface area contributed by atoms with Gasteiger partial charge in [0.15, 0.2) is 0 Å². The summed E-state index contributed by atoms with van der Waals surface area (Å²) in [7, 11) is 0. The van der Waals surface area contributed by atoms with Crippen molar-refractivity contribution < 1.29 is 27.1 Å². The van der Waals surface area contributed by atoms with Crippen LogP contribution in [0.1, 0.15) is 16.8 Å². The maximum atomic E-state index is 13.5. The van der Waals surface area contributed by atoms with E-state index in [1.54, 1.807) is 30.3 Å². The lowest BCUT2D eigenvalue weighted by molar-refractivity contribution is -0.253. The van der Waals surface area contributed by atoms with E-state index in [2.05, 4.69) is 15.0 Å². The van der Waals surface area contributed by atoms with Crippen LogP contribution < -0.4 is 10.1 Å². The van der Waals surface area contributed by atoms with E-state index in [1.165, 1.54) is 18.3 Å². The fourth-order valence-electron chi connectivity index (χ4n) is 3.21. The maximum absolute atomic E-state index is 13.5. The standard InChI is InChI=1S/C22H17ClF4N2O2/c23-17-9-10-19(28-13-17)21(29-14-30,12-15-5-2-1-3-6-15)16-7-4-8-18(11-16)31-22(26,27)20(24)25/h1-11,13-14,20H,12H2,(H,29,30)/t21-/m1/s1. The summed E-state index contributed by atoms with van der Waals surface area (Å²) < 4.78 is 56.3. The quantitative estimate of drug-likeness (QED) is 0.358. The molecule has 1 aromatic heterocycles. The SMILES string of the molecule is O=CN[C@](Cc1ccccc1)(c1cccc(OC(F)(F)C(F)F)c1)c1ccc(Cl)cn1. The van der Waals surface area contributed by atoms with Crippen LogP contribution in [0.2, 0.25) is 5.02 Å². The molecule has 0 aliphatic carbocycles. The first-order chi connectivity index (χ1) is 14.8. The molecule has 0 saturated carbocycles. The van der Waals surface area contributed by atoms with Gasteiger partial charge in [-0.1, -0.05) is 54.1 Å². The van der Waals surface area contributed by atoms with Gasteiger partial charge in [-0.25, -0.2) is 0 Å². The highest BCUT2D eigenvalue weighted by molar-refractivity contribution is 6.30. The summed E-state index contributed by atoms with van der Waals surface area (Å²) in [6.45, 7) is 0. The summed E-state index contributed by atoms with van der Waals surface area (Å²) >= 11 is 5.95. The minimum Gasteiger partial charge on any atom is -0.428 e. The number of ether oxygens (including phenoxy) is 1. The van der Waals surface area contributed by atoms with Gasteiger partial charge in [-0.2, -0.15) is 17.6 Å². The molecule has 31 heavy (non-hydrogen) atoms. The van der Waals surface area contributed by atoms with E-state index in [4.69, 9.17) is 11.6 Å². The van der Waals surface area contributed by atoms with Gasteiger partial charge in [0.05, 0.1) is 10.7 Å². The Morgan fingerprint density at radius 1 is 1.06 bits per heavy atom. The molecule has 0 spiro atoms. The molecule has 0 bridgehead atoms. The van der Waals surface area contributed by atoms with Gasteiger partial charge in [0.2, 0.25) is 6.41 Å². The third kappa shape index (κ3) is 5.14. The summed E-state index contributed by atoms with van der Waals surface area (Å²) in [5.74, 6) is -0.484. The second kappa shape index (κ2) is 9.34. The molecule has 1 amide bonds. The van der Waals surface area contributed by atoms with Crippen LogP contribution in [0.5, 0.6) is 5.75 Å². The van der Waals surface area contributed by atoms with E-state index in [-0.39, 0.29) is 6.42 Å². The molecule has 1 heterocycles. The highest BCUT2D eigenvalue weighted by Gasteiger charge is 2.44. The van der Waals surface area contributed by atoms with Crippen molar-refractivity contribution in [1.82, 2.24) is 10.3 Å². The number of benzene rings is 2. The number of carbonyl (C=O) groups is 1. The average Bonchev–Trinajstić information content (AvgIpc) is 2.74. The molecule has 3 aromatic rings. The molecule has 0 saturated heterocycles. The van der Waals surface area contributed by atoms with E-state index >= 15 is 0 Å². The first kappa shape index (κ1) is 22.6. The smallest absolute Gasteiger partial charge is 0.428 e. The number of hydrogen-bond acceptors (Lipinski definition) is 3. The Balaban J connectivity index is 2.14. The second-order valence-corrected chi connectivity index (χ2v) is 7.12. The Bertz CT molecular complexity index is 1020. The molecule has 3 rings (SSSR count). The number of nitrogens with one attached hydrogen (secondary N) is 1. The fraction of sp³-hybridized carbons (Fsp3) is 0.182. The van der Waals surface area contributed by atoms with Crippen molar-refractivity contribution in [2.24, 2.45) is 0 Å². The maximum Gasteiger partial charge on any atom is 0.461 e. The molecule has 1 N–H and O–H groups in total. The first-order valence-electron chi connectivity index (χ1n) is 9.10. The van der Waals surface area contributed by atoms with Gasteiger partial charge >= 0.3 is 12.5 Å². The molecule has 2 aromatic carbocycles. The molecule has 0 unspecified atom stereocenters. The number of amides is 1. The monoisotopic (exact) mass is 452 g/mol. The second-order valence-electron chi connectivity index (χ2n) is 6.68. The normalized spacial score (nSPS) is 13.5. The van der Waals surface area contributed by atoms with E-state index in [9.17, 15) is 22.4 Å². The van der Waals surface area contributed by atoms with Crippen molar-refractivity contribution in [1.29, 1.82) is 0 Å². The van der Waals surface area contributed by atoms with E-state index in [1.807, 2.05) is 18.2 Å². The highest BCUT2D eigenvalue weighted by Crippen LogP contribution is 2.36. The summed E-state index contributed by atoms with van der Waals surface area (Å²) in [6, 6.07) is 17.5. The predicted molar refractivity (Wildman–Crippen MR) is 107 cm³/mol. The van der Waals surface area contributed by atoms with Crippen LogP contribution in [0.25, 0.3) is 0 Å². The van der Waals surface area contributed by atoms with Crippen LogP contribution in [0.3, 0.4) is 0 Å². The fourth-order valence-corrected chi connectivity index (χ4v) is 3.32. The van der Waals surface area contributed by atoms with Crippen LogP contribution in [0.15, 0.2) is 72.9 Å². The van der Waals surface area contributed by atoms with Crippen molar-refractivity contribution >= 4 is 18.0 Å². The third-order valence-corrected chi connectivity index (χ3v) is 4.84.